The Morgan fingerprint density at radius 3 is 1.74 bits per heavy atom. The van der Waals surface area contributed by atoms with Crippen molar-refractivity contribution in [3.63, 3.8) is 0 Å². The maximum absolute atomic E-state index is 11.0. The fourth-order valence-corrected chi connectivity index (χ4v) is 3.72. The molecule has 0 amide bonds. The lowest BCUT2D eigenvalue weighted by atomic mass is 9.76. The van der Waals surface area contributed by atoms with E-state index in [1.54, 1.807) is 0 Å². The Labute approximate surface area is 163 Å². The monoisotopic (exact) mass is 368 g/mol. The van der Waals surface area contributed by atoms with Crippen molar-refractivity contribution < 1.29 is 14.6 Å². The second-order valence-corrected chi connectivity index (χ2v) is 9.46. The first-order valence-corrected chi connectivity index (χ1v) is 9.75. The molecule has 0 aromatic heterocycles. The number of hydrogen-bond donors (Lipinski definition) is 1. The molecule has 2 aromatic carbocycles. The number of rotatable bonds is 3. The van der Waals surface area contributed by atoms with Crippen LogP contribution in [0.4, 0.5) is 0 Å². The van der Waals surface area contributed by atoms with Crippen molar-refractivity contribution in [3.05, 3.63) is 64.7 Å². The third-order valence-corrected chi connectivity index (χ3v) is 5.19. The van der Waals surface area contributed by atoms with Crippen molar-refractivity contribution in [2.75, 3.05) is 13.2 Å². The Bertz CT molecular complexity index is 741. The molecule has 2 aromatic rings. The smallest absolute Gasteiger partial charge is 0.168 e. The predicted octanol–water partition coefficient (Wildman–Crippen LogP) is 5.49. The topological polar surface area (TPSA) is 38.7 Å². The molecule has 0 bridgehead atoms. The normalized spacial score (nSPS) is 17.3. The van der Waals surface area contributed by atoms with Gasteiger partial charge in [-0.2, -0.15) is 0 Å². The molecule has 1 atom stereocenters. The van der Waals surface area contributed by atoms with E-state index in [4.69, 9.17) is 9.47 Å². The van der Waals surface area contributed by atoms with Crippen LogP contribution in [-0.2, 0) is 20.3 Å². The average Bonchev–Trinajstić information content (AvgIpc) is 3.09. The molecule has 1 aliphatic heterocycles. The highest BCUT2D eigenvalue weighted by molar-refractivity contribution is 5.52. The molecule has 1 heterocycles. The zero-order chi connectivity index (χ0) is 19.8. The van der Waals surface area contributed by atoms with Crippen molar-refractivity contribution in [2.45, 2.75) is 64.6 Å². The second kappa shape index (κ2) is 7.29. The summed E-state index contributed by atoms with van der Waals surface area (Å²) in [6.45, 7) is 14.1. The first-order valence-electron chi connectivity index (χ1n) is 9.75. The molecule has 0 aliphatic carbocycles. The van der Waals surface area contributed by atoms with Gasteiger partial charge < -0.3 is 14.6 Å². The van der Waals surface area contributed by atoms with E-state index in [-0.39, 0.29) is 23.0 Å². The molecule has 27 heavy (non-hydrogen) atoms. The van der Waals surface area contributed by atoms with Crippen molar-refractivity contribution in [2.24, 2.45) is 0 Å². The van der Waals surface area contributed by atoms with Gasteiger partial charge in [-0.1, -0.05) is 84.0 Å². The average molecular weight is 369 g/mol. The van der Waals surface area contributed by atoms with Gasteiger partial charge in [0.2, 0.25) is 0 Å². The molecule has 0 radical (unpaired) electrons. The SMILES string of the molecule is CC(C)(C)c1cc(C(c2ccccc2)C2OCCO2)cc(C(C)(C)C)c1O. The standard InChI is InChI=1S/C24H32O3/c1-23(2,3)18-14-17(15-19(21(18)25)24(4,5)6)20(22-26-12-13-27-22)16-10-8-7-9-11-16/h7-11,14-15,20,22,25H,12-13H2,1-6H3. The van der Waals surface area contributed by atoms with Gasteiger partial charge in [-0.25, -0.2) is 0 Å². The molecular weight excluding hydrogens is 336 g/mol. The third-order valence-electron chi connectivity index (χ3n) is 5.19. The number of phenols is 1. The molecule has 1 N–H and O–H groups in total. The van der Waals surface area contributed by atoms with Crippen LogP contribution in [0.2, 0.25) is 0 Å². The summed E-state index contributed by atoms with van der Waals surface area (Å²) in [4.78, 5) is 0. The van der Waals surface area contributed by atoms with E-state index in [1.165, 1.54) is 0 Å². The van der Waals surface area contributed by atoms with Gasteiger partial charge in [0, 0.05) is 0 Å². The summed E-state index contributed by atoms with van der Waals surface area (Å²) in [5.74, 6) is 0.371. The Morgan fingerprint density at radius 1 is 0.815 bits per heavy atom. The molecule has 0 spiro atoms. The lowest BCUT2D eigenvalue weighted by Crippen LogP contribution is -2.24. The fourth-order valence-electron chi connectivity index (χ4n) is 3.72. The van der Waals surface area contributed by atoms with Crippen molar-refractivity contribution in [1.29, 1.82) is 0 Å². The lowest BCUT2D eigenvalue weighted by molar-refractivity contribution is -0.0524. The summed E-state index contributed by atoms with van der Waals surface area (Å²) in [6.07, 6.45) is -0.308. The van der Waals surface area contributed by atoms with Crippen LogP contribution >= 0.6 is 0 Å². The minimum Gasteiger partial charge on any atom is -0.507 e. The van der Waals surface area contributed by atoms with E-state index in [2.05, 4.69) is 65.8 Å². The summed E-state index contributed by atoms with van der Waals surface area (Å²) in [6, 6.07) is 14.6. The maximum Gasteiger partial charge on any atom is 0.168 e. The highest BCUT2D eigenvalue weighted by Crippen LogP contribution is 2.43. The Hall–Kier alpha value is -1.84. The van der Waals surface area contributed by atoms with Crippen LogP contribution in [0.1, 0.15) is 69.7 Å². The van der Waals surface area contributed by atoms with E-state index in [0.717, 1.165) is 22.3 Å². The molecule has 3 nitrogen and oxygen atoms in total. The van der Waals surface area contributed by atoms with Gasteiger partial charge in [-0.05, 0) is 33.1 Å². The van der Waals surface area contributed by atoms with Crippen molar-refractivity contribution >= 4 is 0 Å². The first-order chi connectivity index (χ1) is 12.6. The van der Waals surface area contributed by atoms with Gasteiger partial charge in [0.25, 0.3) is 0 Å². The number of phenolic OH excluding ortho intramolecular Hbond substituents is 1. The summed E-state index contributed by atoms with van der Waals surface area (Å²) in [7, 11) is 0. The Kier molecular flexibility index (Phi) is 5.38. The Balaban J connectivity index is 2.22. The fraction of sp³-hybridized carbons (Fsp3) is 0.500. The molecule has 1 aliphatic rings. The van der Waals surface area contributed by atoms with E-state index in [0.29, 0.717) is 19.0 Å². The second-order valence-electron chi connectivity index (χ2n) is 9.46. The van der Waals surface area contributed by atoms with E-state index < -0.39 is 0 Å². The maximum atomic E-state index is 11.0. The van der Waals surface area contributed by atoms with Crippen LogP contribution in [0.3, 0.4) is 0 Å². The van der Waals surface area contributed by atoms with E-state index in [9.17, 15) is 5.11 Å². The van der Waals surface area contributed by atoms with Crippen LogP contribution in [0.5, 0.6) is 5.75 Å². The first kappa shape index (κ1) is 19.9. The summed E-state index contributed by atoms with van der Waals surface area (Å²) in [5, 5.41) is 11.0. The number of ether oxygens (including phenoxy) is 2. The molecule has 3 heteroatoms. The van der Waals surface area contributed by atoms with Crippen molar-refractivity contribution in [1.82, 2.24) is 0 Å². The number of aromatic hydroxyl groups is 1. The van der Waals surface area contributed by atoms with Crippen LogP contribution in [-0.4, -0.2) is 24.6 Å². The zero-order valence-corrected chi connectivity index (χ0v) is 17.4. The van der Waals surface area contributed by atoms with Crippen LogP contribution in [0, 0.1) is 0 Å². The van der Waals surface area contributed by atoms with E-state index >= 15 is 0 Å². The molecule has 3 rings (SSSR count). The van der Waals surface area contributed by atoms with Gasteiger partial charge in [-0.3, -0.25) is 0 Å². The molecule has 1 unspecified atom stereocenters. The summed E-state index contributed by atoms with van der Waals surface area (Å²) < 4.78 is 11.8. The molecule has 0 saturated carbocycles. The summed E-state index contributed by atoms with van der Waals surface area (Å²) >= 11 is 0. The number of hydrogen-bond acceptors (Lipinski definition) is 3. The zero-order valence-electron chi connectivity index (χ0n) is 17.4. The van der Waals surface area contributed by atoms with E-state index in [1.807, 2.05) is 18.2 Å². The van der Waals surface area contributed by atoms with Gasteiger partial charge in [-0.15, -0.1) is 0 Å². The highest BCUT2D eigenvalue weighted by Gasteiger charge is 2.33. The molecular formula is C24H32O3. The van der Waals surface area contributed by atoms with Gasteiger partial charge in [0.1, 0.15) is 5.75 Å². The lowest BCUT2D eigenvalue weighted by Gasteiger charge is -2.31. The highest BCUT2D eigenvalue weighted by atomic mass is 16.7. The largest absolute Gasteiger partial charge is 0.507 e. The van der Waals surface area contributed by atoms with Gasteiger partial charge >= 0.3 is 0 Å². The number of benzene rings is 2. The molecule has 1 saturated heterocycles. The van der Waals surface area contributed by atoms with Gasteiger partial charge in [0.15, 0.2) is 6.29 Å². The molecule has 146 valence electrons. The summed E-state index contributed by atoms with van der Waals surface area (Å²) in [5.41, 5.74) is 3.88. The van der Waals surface area contributed by atoms with Crippen molar-refractivity contribution in [3.8, 4) is 5.75 Å². The van der Waals surface area contributed by atoms with Crippen LogP contribution in [0.25, 0.3) is 0 Å². The van der Waals surface area contributed by atoms with Crippen LogP contribution < -0.4 is 0 Å². The Morgan fingerprint density at radius 2 is 1.30 bits per heavy atom. The molecule has 1 fully saturated rings. The quantitative estimate of drug-likeness (QED) is 0.778. The minimum atomic E-state index is -0.308. The minimum absolute atomic E-state index is 0.0310. The predicted molar refractivity (Wildman–Crippen MR) is 109 cm³/mol. The third kappa shape index (κ3) is 4.20. The van der Waals surface area contributed by atoms with Crippen LogP contribution in [0.15, 0.2) is 42.5 Å². The van der Waals surface area contributed by atoms with Gasteiger partial charge in [0.05, 0.1) is 19.1 Å².